The number of benzene rings is 1. The zero-order valence-corrected chi connectivity index (χ0v) is 11.7. The Kier molecular flexibility index (Phi) is 3.54. The number of aromatic hydroxyl groups is 1. The number of phenolic OH excluding ortho intramolecular Hbond substituents is 1. The molecule has 1 aromatic carbocycles. The van der Waals surface area contributed by atoms with Crippen LogP contribution in [0.2, 0.25) is 0 Å². The van der Waals surface area contributed by atoms with Crippen LogP contribution in [0.3, 0.4) is 0 Å². The van der Waals surface area contributed by atoms with Crippen molar-refractivity contribution in [3.05, 3.63) is 28.8 Å². The summed E-state index contributed by atoms with van der Waals surface area (Å²) in [4.78, 5) is 13.6. The Morgan fingerprint density at radius 1 is 1.37 bits per heavy atom. The summed E-state index contributed by atoms with van der Waals surface area (Å²) < 4.78 is 0. The van der Waals surface area contributed by atoms with Gasteiger partial charge < -0.3 is 15.1 Å². The molecular weight excluding hydrogens is 242 g/mol. The maximum Gasteiger partial charge on any atom is 0.314 e. The van der Waals surface area contributed by atoms with Crippen LogP contribution in [0.1, 0.15) is 36.0 Å². The van der Waals surface area contributed by atoms with Crippen molar-refractivity contribution in [2.75, 3.05) is 14.1 Å². The summed E-state index contributed by atoms with van der Waals surface area (Å²) in [5, 5.41) is 19.5. The van der Waals surface area contributed by atoms with Gasteiger partial charge in [-0.1, -0.05) is 12.5 Å². The summed E-state index contributed by atoms with van der Waals surface area (Å²) in [7, 11) is 3.86. The predicted octanol–water partition coefficient (Wildman–Crippen LogP) is 2.27. The lowest BCUT2D eigenvalue weighted by Crippen LogP contribution is -2.43. The summed E-state index contributed by atoms with van der Waals surface area (Å²) in [6.07, 6.45) is 2.33. The molecule has 0 spiro atoms. The minimum atomic E-state index is -0.747. The van der Waals surface area contributed by atoms with Crippen molar-refractivity contribution in [2.24, 2.45) is 0 Å². The molecule has 0 atom stereocenters. The highest BCUT2D eigenvalue weighted by molar-refractivity contribution is 5.83. The van der Waals surface area contributed by atoms with Crippen molar-refractivity contribution in [1.82, 2.24) is 4.90 Å². The van der Waals surface area contributed by atoms with Gasteiger partial charge in [0, 0.05) is 12.1 Å². The molecule has 1 aromatic rings. The lowest BCUT2D eigenvalue weighted by Gasteiger charge is -2.39. The van der Waals surface area contributed by atoms with Gasteiger partial charge >= 0.3 is 5.97 Å². The lowest BCUT2D eigenvalue weighted by molar-refractivity contribution is -0.147. The van der Waals surface area contributed by atoms with E-state index in [1.807, 2.05) is 25.9 Å². The van der Waals surface area contributed by atoms with Gasteiger partial charge in [-0.25, -0.2) is 0 Å². The van der Waals surface area contributed by atoms with E-state index in [0.717, 1.165) is 23.1 Å². The van der Waals surface area contributed by atoms with Crippen LogP contribution >= 0.6 is 0 Å². The Balaban J connectivity index is 2.50. The first-order valence-corrected chi connectivity index (χ1v) is 6.58. The number of phenols is 1. The minimum Gasteiger partial charge on any atom is -0.508 e. The third-order valence-electron chi connectivity index (χ3n) is 4.18. The highest BCUT2D eigenvalue weighted by atomic mass is 16.4. The van der Waals surface area contributed by atoms with Crippen molar-refractivity contribution >= 4 is 5.97 Å². The van der Waals surface area contributed by atoms with Crippen LogP contribution in [0.25, 0.3) is 0 Å². The van der Waals surface area contributed by atoms with E-state index in [0.29, 0.717) is 19.4 Å². The van der Waals surface area contributed by atoms with Gasteiger partial charge in [0.15, 0.2) is 0 Å². The molecule has 2 N–H and O–H groups in total. The van der Waals surface area contributed by atoms with E-state index < -0.39 is 11.4 Å². The van der Waals surface area contributed by atoms with Crippen LogP contribution in [0.15, 0.2) is 12.1 Å². The molecule has 0 bridgehead atoms. The molecule has 0 amide bonds. The van der Waals surface area contributed by atoms with E-state index in [1.165, 1.54) is 0 Å². The normalized spacial score (nSPS) is 17.3. The standard InChI is InChI=1S/C15H21NO3/c1-10-11(9-16(2)3)13(17)6-5-12(10)15(14(18)19)7-4-8-15/h5-6,17H,4,7-9H2,1-3H3,(H,18,19). The van der Waals surface area contributed by atoms with Crippen LogP contribution in [0, 0.1) is 6.92 Å². The van der Waals surface area contributed by atoms with Crippen LogP contribution in [-0.4, -0.2) is 35.2 Å². The molecule has 4 nitrogen and oxygen atoms in total. The Bertz CT molecular complexity index is 504. The van der Waals surface area contributed by atoms with Crippen molar-refractivity contribution in [3.63, 3.8) is 0 Å². The molecule has 0 aliphatic heterocycles. The van der Waals surface area contributed by atoms with Gasteiger partial charge in [0.25, 0.3) is 0 Å². The smallest absolute Gasteiger partial charge is 0.314 e. The number of rotatable bonds is 4. The molecule has 0 saturated heterocycles. The van der Waals surface area contributed by atoms with Gasteiger partial charge in [-0.2, -0.15) is 0 Å². The van der Waals surface area contributed by atoms with Gasteiger partial charge in [-0.05, 0) is 51.1 Å². The van der Waals surface area contributed by atoms with Crippen molar-refractivity contribution in [3.8, 4) is 5.75 Å². The van der Waals surface area contributed by atoms with Crippen LogP contribution in [-0.2, 0) is 16.8 Å². The Hall–Kier alpha value is -1.55. The number of aliphatic carboxylic acids is 1. The molecule has 19 heavy (non-hydrogen) atoms. The summed E-state index contributed by atoms with van der Waals surface area (Å²) in [6, 6.07) is 3.40. The van der Waals surface area contributed by atoms with Crippen molar-refractivity contribution < 1.29 is 15.0 Å². The highest BCUT2D eigenvalue weighted by Crippen LogP contribution is 2.46. The fourth-order valence-electron chi connectivity index (χ4n) is 2.91. The SMILES string of the molecule is Cc1c(C2(C(=O)O)CCC2)ccc(O)c1CN(C)C. The lowest BCUT2D eigenvalue weighted by atomic mass is 9.63. The molecule has 0 radical (unpaired) electrons. The van der Waals surface area contributed by atoms with Gasteiger partial charge in [-0.3, -0.25) is 4.79 Å². The number of nitrogens with zero attached hydrogens (tertiary/aromatic N) is 1. The minimum absolute atomic E-state index is 0.245. The predicted molar refractivity (Wildman–Crippen MR) is 73.4 cm³/mol. The molecule has 0 heterocycles. The molecule has 1 aliphatic carbocycles. The molecule has 1 saturated carbocycles. The van der Waals surface area contributed by atoms with Gasteiger partial charge in [0.2, 0.25) is 0 Å². The molecule has 0 aromatic heterocycles. The Labute approximate surface area is 113 Å². The molecule has 1 aliphatic rings. The summed E-state index contributed by atoms with van der Waals surface area (Å²) in [6.45, 7) is 2.53. The van der Waals surface area contributed by atoms with Crippen LogP contribution < -0.4 is 0 Å². The number of carboxylic acid groups (broad SMARTS) is 1. The third-order valence-corrected chi connectivity index (χ3v) is 4.18. The highest BCUT2D eigenvalue weighted by Gasteiger charge is 2.47. The van der Waals surface area contributed by atoms with Crippen LogP contribution in [0.4, 0.5) is 0 Å². The van der Waals surface area contributed by atoms with Crippen molar-refractivity contribution in [2.45, 2.75) is 38.1 Å². The first kappa shape index (κ1) is 13.9. The number of carboxylic acids is 1. The van der Waals surface area contributed by atoms with Gasteiger partial charge in [0.05, 0.1) is 5.41 Å². The summed E-state index contributed by atoms with van der Waals surface area (Å²) in [5.74, 6) is -0.502. The van der Waals surface area contributed by atoms with E-state index in [4.69, 9.17) is 0 Å². The van der Waals surface area contributed by atoms with Gasteiger partial charge in [0.1, 0.15) is 5.75 Å². The average molecular weight is 263 g/mol. The second kappa shape index (κ2) is 4.85. The van der Waals surface area contributed by atoms with Gasteiger partial charge in [-0.15, -0.1) is 0 Å². The van der Waals surface area contributed by atoms with E-state index in [9.17, 15) is 15.0 Å². The molecule has 2 rings (SSSR count). The van der Waals surface area contributed by atoms with E-state index in [2.05, 4.69) is 0 Å². The zero-order chi connectivity index (χ0) is 14.2. The number of hydrogen-bond donors (Lipinski definition) is 2. The third kappa shape index (κ3) is 2.21. The molecule has 4 heteroatoms. The fourth-order valence-corrected chi connectivity index (χ4v) is 2.91. The topological polar surface area (TPSA) is 60.8 Å². The zero-order valence-electron chi connectivity index (χ0n) is 11.7. The first-order chi connectivity index (χ1) is 8.88. The number of carbonyl (C=O) groups is 1. The second-order valence-corrected chi connectivity index (χ2v) is 5.71. The average Bonchev–Trinajstić information content (AvgIpc) is 2.25. The first-order valence-electron chi connectivity index (χ1n) is 6.58. The Morgan fingerprint density at radius 3 is 2.42 bits per heavy atom. The summed E-state index contributed by atoms with van der Waals surface area (Å²) in [5.41, 5.74) is 1.87. The maximum atomic E-state index is 11.6. The molecule has 1 fully saturated rings. The molecule has 0 unspecified atom stereocenters. The van der Waals surface area contributed by atoms with Crippen LogP contribution in [0.5, 0.6) is 5.75 Å². The van der Waals surface area contributed by atoms with Crippen molar-refractivity contribution in [1.29, 1.82) is 0 Å². The van der Waals surface area contributed by atoms with E-state index >= 15 is 0 Å². The quantitative estimate of drug-likeness (QED) is 0.875. The van der Waals surface area contributed by atoms with E-state index in [1.54, 1.807) is 12.1 Å². The van der Waals surface area contributed by atoms with E-state index in [-0.39, 0.29) is 5.75 Å². The molecule has 104 valence electrons. The fraction of sp³-hybridized carbons (Fsp3) is 0.533. The summed E-state index contributed by atoms with van der Waals surface area (Å²) >= 11 is 0. The second-order valence-electron chi connectivity index (χ2n) is 5.71. The monoisotopic (exact) mass is 263 g/mol. The number of hydrogen-bond acceptors (Lipinski definition) is 3. The largest absolute Gasteiger partial charge is 0.508 e. The molecular formula is C15H21NO3. The maximum absolute atomic E-state index is 11.6. The Morgan fingerprint density at radius 2 is 2.00 bits per heavy atom.